The van der Waals surface area contributed by atoms with E-state index in [2.05, 4.69) is 18.7 Å². The summed E-state index contributed by atoms with van der Waals surface area (Å²) in [4.78, 5) is 2.18. The Bertz CT molecular complexity index is 325. The lowest BCUT2D eigenvalue weighted by molar-refractivity contribution is 0.284. The highest BCUT2D eigenvalue weighted by Gasteiger charge is 2.07. The van der Waals surface area contributed by atoms with E-state index in [0.717, 1.165) is 18.7 Å². The van der Waals surface area contributed by atoms with Crippen LogP contribution in [-0.2, 0) is 6.54 Å². The van der Waals surface area contributed by atoms with Gasteiger partial charge in [-0.15, -0.1) is 0 Å². The molecule has 15 heavy (non-hydrogen) atoms. The Morgan fingerprint density at radius 3 is 2.67 bits per heavy atom. The maximum absolute atomic E-state index is 9.63. The number of hydrogen-bond acceptors (Lipinski definition) is 2. The van der Waals surface area contributed by atoms with Crippen LogP contribution < -0.4 is 0 Å². The fourth-order valence-electron chi connectivity index (χ4n) is 1.66. The summed E-state index contributed by atoms with van der Waals surface area (Å²) in [7, 11) is 2.04. The minimum Gasteiger partial charge on any atom is -0.508 e. The summed E-state index contributed by atoms with van der Waals surface area (Å²) in [5, 5.41) is 10.3. The minimum atomic E-state index is 0.315. The van der Waals surface area contributed by atoms with E-state index in [1.165, 1.54) is 0 Å². The SMILES string of the molecule is CC(C)CN(C)Cc1cc(Cl)ccc1O. The molecule has 0 heterocycles. The van der Waals surface area contributed by atoms with Gasteiger partial charge in [0.15, 0.2) is 0 Å². The summed E-state index contributed by atoms with van der Waals surface area (Å²) in [5.74, 6) is 0.936. The molecule has 1 N–H and O–H groups in total. The minimum absolute atomic E-state index is 0.315. The second-order valence-corrected chi connectivity index (χ2v) is 4.80. The standard InChI is InChI=1S/C12H18ClNO/c1-9(2)7-14(3)8-10-6-11(13)4-5-12(10)15/h4-6,9,15H,7-8H2,1-3H3. The third-order valence-electron chi connectivity index (χ3n) is 2.16. The summed E-state index contributed by atoms with van der Waals surface area (Å²) < 4.78 is 0. The van der Waals surface area contributed by atoms with Crippen LogP contribution in [0.2, 0.25) is 5.02 Å². The van der Waals surface area contributed by atoms with Gasteiger partial charge < -0.3 is 10.0 Å². The molecule has 0 amide bonds. The zero-order valence-corrected chi connectivity index (χ0v) is 10.3. The quantitative estimate of drug-likeness (QED) is 0.855. The monoisotopic (exact) mass is 227 g/mol. The van der Waals surface area contributed by atoms with E-state index in [1.807, 2.05) is 13.1 Å². The third-order valence-corrected chi connectivity index (χ3v) is 2.39. The molecule has 84 valence electrons. The topological polar surface area (TPSA) is 23.5 Å². The van der Waals surface area contributed by atoms with Crippen LogP contribution in [0.5, 0.6) is 5.75 Å². The average molecular weight is 228 g/mol. The van der Waals surface area contributed by atoms with E-state index >= 15 is 0 Å². The van der Waals surface area contributed by atoms with Crippen molar-refractivity contribution in [1.82, 2.24) is 4.90 Å². The smallest absolute Gasteiger partial charge is 0.120 e. The van der Waals surface area contributed by atoms with Crippen molar-refractivity contribution in [1.29, 1.82) is 0 Å². The van der Waals surface area contributed by atoms with Gasteiger partial charge in [-0.05, 0) is 31.2 Å². The van der Waals surface area contributed by atoms with Crippen LogP contribution >= 0.6 is 11.6 Å². The number of nitrogens with zero attached hydrogens (tertiary/aromatic N) is 1. The molecule has 0 fully saturated rings. The number of hydrogen-bond donors (Lipinski definition) is 1. The maximum Gasteiger partial charge on any atom is 0.120 e. The molecule has 0 saturated carbocycles. The van der Waals surface area contributed by atoms with Crippen molar-refractivity contribution in [2.24, 2.45) is 5.92 Å². The molecule has 3 heteroatoms. The van der Waals surface area contributed by atoms with Crippen LogP contribution in [0, 0.1) is 5.92 Å². The Labute approximate surface area is 96.5 Å². The van der Waals surface area contributed by atoms with E-state index in [9.17, 15) is 5.11 Å². The van der Waals surface area contributed by atoms with Gasteiger partial charge >= 0.3 is 0 Å². The molecule has 0 aliphatic heterocycles. The van der Waals surface area contributed by atoms with E-state index < -0.39 is 0 Å². The van der Waals surface area contributed by atoms with Crippen molar-refractivity contribution >= 4 is 11.6 Å². The first kappa shape index (κ1) is 12.3. The number of phenolic OH excluding ortho intramolecular Hbond substituents is 1. The lowest BCUT2D eigenvalue weighted by Gasteiger charge is -2.19. The van der Waals surface area contributed by atoms with Crippen molar-refractivity contribution in [2.75, 3.05) is 13.6 Å². The molecule has 0 aromatic heterocycles. The van der Waals surface area contributed by atoms with E-state index in [0.29, 0.717) is 16.7 Å². The molecule has 0 radical (unpaired) electrons. The van der Waals surface area contributed by atoms with Crippen LogP contribution in [0.1, 0.15) is 19.4 Å². The largest absolute Gasteiger partial charge is 0.508 e. The van der Waals surface area contributed by atoms with Gasteiger partial charge in [-0.25, -0.2) is 0 Å². The molecule has 0 spiro atoms. The Morgan fingerprint density at radius 2 is 2.07 bits per heavy atom. The highest BCUT2D eigenvalue weighted by Crippen LogP contribution is 2.22. The number of halogens is 1. The molecule has 0 aliphatic carbocycles. The van der Waals surface area contributed by atoms with Crippen LogP contribution in [0.4, 0.5) is 0 Å². The Balaban J connectivity index is 2.67. The predicted molar refractivity (Wildman–Crippen MR) is 64.3 cm³/mol. The van der Waals surface area contributed by atoms with Gasteiger partial charge in [0.25, 0.3) is 0 Å². The van der Waals surface area contributed by atoms with Gasteiger partial charge in [-0.1, -0.05) is 25.4 Å². The summed E-state index contributed by atoms with van der Waals surface area (Å²) in [5.41, 5.74) is 0.880. The van der Waals surface area contributed by atoms with Gasteiger partial charge in [0.05, 0.1) is 0 Å². The Kier molecular flexibility index (Phi) is 4.43. The molecular formula is C12H18ClNO. The second-order valence-electron chi connectivity index (χ2n) is 4.36. The summed E-state index contributed by atoms with van der Waals surface area (Å²) >= 11 is 5.88. The molecule has 0 unspecified atom stereocenters. The third kappa shape index (κ3) is 4.10. The van der Waals surface area contributed by atoms with Crippen LogP contribution in [0.3, 0.4) is 0 Å². The molecule has 0 atom stereocenters. The number of aromatic hydroxyl groups is 1. The molecule has 0 bridgehead atoms. The van der Waals surface area contributed by atoms with Gasteiger partial charge in [0.2, 0.25) is 0 Å². The first-order chi connectivity index (χ1) is 6.99. The summed E-state index contributed by atoms with van der Waals surface area (Å²) in [6.45, 7) is 6.08. The molecule has 0 saturated heterocycles. The summed E-state index contributed by atoms with van der Waals surface area (Å²) in [6.07, 6.45) is 0. The second kappa shape index (κ2) is 5.38. The maximum atomic E-state index is 9.63. The van der Waals surface area contributed by atoms with Gasteiger partial charge in [-0.3, -0.25) is 0 Å². The molecular weight excluding hydrogens is 210 g/mol. The normalized spacial score (nSPS) is 11.3. The van der Waals surface area contributed by atoms with E-state index in [1.54, 1.807) is 12.1 Å². The molecule has 1 rings (SSSR count). The van der Waals surface area contributed by atoms with Crippen LogP contribution in [0.15, 0.2) is 18.2 Å². The fraction of sp³-hybridized carbons (Fsp3) is 0.500. The van der Waals surface area contributed by atoms with Crippen molar-refractivity contribution in [2.45, 2.75) is 20.4 Å². The molecule has 0 aliphatic rings. The number of benzene rings is 1. The van der Waals surface area contributed by atoms with Crippen molar-refractivity contribution in [3.8, 4) is 5.75 Å². The lowest BCUT2D eigenvalue weighted by Crippen LogP contribution is -2.22. The fourth-order valence-corrected chi connectivity index (χ4v) is 1.85. The molecule has 2 nitrogen and oxygen atoms in total. The first-order valence-electron chi connectivity index (χ1n) is 5.15. The summed E-state index contributed by atoms with van der Waals surface area (Å²) in [6, 6.07) is 5.15. The number of phenols is 1. The van der Waals surface area contributed by atoms with Crippen molar-refractivity contribution in [3.63, 3.8) is 0 Å². The zero-order valence-electron chi connectivity index (χ0n) is 9.50. The first-order valence-corrected chi connectivity index (χ1v) is 5.52. The van der Waals surface area contributed by atoms with E-state index in [-0.39, 0.29) is 0 Å². The van der Waals surface area contributed by atoms with Crippen molar-refractivity contribution in [3.05, 3.63) is 28.8 Å². The van der Waals surface area contributed by atoms with Crippen molar-refractivity contribution < 1.29 is 5.11 Å². The highest BCUT2D eigenvalue weighted by molar-refractivity contribution is 6.30. The van der Waals surface area contributed by atoms with E-state index in [4.69, 9.17) is 11.6 Å². The lowest BCUT2D eigenvalue weighted by atomic mass is 10.1. The van der Waals surface area contributed by atoms with Gasteiger partial charge in [0.1, 0.15) is 5.75 Å². The Morgan fingerprint density at radius 1 is 1.40 bits per heavy atom. The highest BCUT2D eigenvalue weighted by atomic mass is 35.5. The van der Waals surface area contributed by atoms with Crippen LogP contribution in [-0.4, -0.2) is 23.6 Å². The predicted octanol–water partition coefficient (Wildman–Crippen LogP) is 3.13. The zero-order chi connectivity index (χ0) is 11.4. The van der Waals surface area contributed by atoms with Gasteiger partial charge in [-0.2, -0.15) is 0 Å². The van der Waals surface area contributed by atoms with Gasteiger partial charge in [0, 0.05) is 23.7 Å². The number of rotatable bonds is 4. The molecule has 1 aromatic carbocycles. The Hall–Kier alpha value is -0.730. The van der Waals surface area contributed by atoms with Crippen LogP contribution in [0.25, 0.3) is 0 Å². The average Bonchev–Trinajstić information content (AvgIpc) is 2.10. The molecule has 1 aromatic rings.